The highest BCUT2D eigenvalue weighted by Crippen LogP contribution is 2.17. The van der Waals surface area contributed by atoms with Gasteiger partial charge in [0.25, 0.3) is 0 Å². The topological polar surface area (TPSA) is 54.0 Å². The summed E-state index contributed by atoms with van der Waals surface area (Å²) in [5.41, 5.74) is 7.74. The number of hydrogen-bond donors (Lipinski definition) is 1. The third kappa shape index (κ3) is 3.47. The van der Waals surface area contributed by atoms with Crippen LogP contribution in [-0.2, 0) is 0 Å². The van der Waals surface area contributed by atoms with E-state index < -0.39 is 0 Å². The van der Waals surface area contributed by atoms with Gasteiger partial charge in [0.15, 0.2) is 0 Å². The SMILES string of the molecule is CC1=NCN(/C=N\CCN)C(C(C)C)=C1. The van der Waals surface area contributed by atoms with Gasteiger partial charge in [-0.05, 0) is 18.9 Å². The molecule has 0 radical (unpaired) electrons. The Labute approximate surface area is 91.6 Å². The van der Waals surface area contributed by atoms with Crippen LogP contribution in [0.3, 0.4) is 0 Å². The van der Waals surface area contributed by atoms with Crippen LogP contribution in [0, 0.1) is 5.92 Å². The smallest absolute Gasteiger partial charge is 0.115 e. The quantitative estimate of drug-likeness (QED) is 0.558. The Bertz CT molecular complexity index is 289. The molecule has 0 spiro atoms. The van der Waals surface area contributed by atoms with Crippen LogP contribution >= 0.6 is 0 Å². The maximum Gasteiger partial charge on any atom is 0.115 e. The minimum atomic E-state index is 0.486. The molecule has 0 bridgehead atoms. The van der Waals surface area contributed by atoms with E-state index in [0.29, 0.717) is 25.7 Å². The Morgan fingerprint density at radius 3 is 3.00 bits per heavy atom. The second-order valence-electron chi connectivity index (χ2n) is 3.94. The number of hydrogen-bond acceptors (Lipinski definition) is 3. The van der Waals surface area contributed by atoms with E-state index >= 15 is 0 Å². The van der Waals surface area contributed by atoms with Crippen molar-refractivity contribution < 1.29 is 0 Å². The highest BCUT2D eigenvalue weighted by molar-refractivity contribution is 5.94. The summed E-state index contributed by atoms with van der Waals surface area (Å²) in [5.74, 6) is 0.486. The summed E-state index contributed by atoms with van der Waals surface area (Å²) in [4.78, 5) is 10.7. The molecule has 0 amide bonds. The number of allylic oxidation sites excluding steroid dienone is 2. The predicted octanol–water partition coefficient (Wildman–Crippen LogP) is 1.25. The third-order valence-electron chi connectivity index (χ3n) is 2.23. The van der Waals surface area contributed by atoms with Crippen LogP contribution in [0.1, 0.15) is 20.8 Å². The molecule has 1 rings (SSSR count). The van der Waals surface area contributed by atoms with Gasteiger partial charge in [-0.1, -0.05) is 13.8 Å². The van der Waals surface area contributed by atoms with Crippen LogP contribution in [0.2, 0.25) is 0 Å². The van der Waals surface area contributed by atoms with Crippen molar-refractivity contribution >= 4 is 12.1 Å². The normalized spacial score (nSPS) is 17.3. The summed E-state index contributed by atoms with van der Waals surface area (Å²) in [6.07, 6.45) is 3.96. The number of nitrogens with two attached hydrogens (primary N) is 1. The van der Waals surface area contributed by atoms with Crippen molar-refractivity contribution in [1.82, 2.24) is 4.90 Å². The minimum Gasteiger partial charge on any atom is -0.329 e. The third-order valence-corrected chi connectivity index (χ3v) is 2.23. The van der Waals surface area contributed by atoms with Crippen molar-refractivity contribution in [2.75, 3.05) is 19.8 Å². The summed E-state index contributed by atoms with van der Waals surface area (Å²) < 4.78 is 0. The predicted molar refractivity (Wildman–Crippen MR) is 65.1 cm³/mol. The first kappa shape index (κ1) is 11.9. The molecule has 0 aromatic rings. The molecule has 2 N–H and O–H groups in total. The molecule has 1 aliphatic rings. The Morgan fingerprint density at radius 2 is 2.40 bits per heavy atom. The number of rotatable bonds is 4. The van der Waals surface area contributed by atoms with E-state index in [2.05, 4.69) is 34.8 Å². The van der Waals surface area contributed by atoms with Crippen LogP contribution in [0.15, 0.2) is 21.8 Å². The molecule has 0 aromatic heterocycles. The summed E-state index contributed by atoms with van der Waals surface area (Å²) >= 11 is 0. The Morgan fingerprint density at radius 1 is 1.67 bits per heavy atom. The van der Waals surface area contributed by atoms with Crippen LogP contribution in [0.4, 0.5) is 0 Å². The zero-order valence-corrected chi connectivity index (χ0v) is 9.77. The van der Waals surface area contributed by atoms with Crippen molar-refractivity contribution in [1.29, 1.82) is 0 Å². The highest BCUT2D eigenvalue weighted by Gasteiger charge is 2.14. The molecule has 15 heavy (non-hydrogen) atoms. The maximum absolute atomic E-state index is 5.39. The maximum atomic E-state index is 5.39. The first-order valence-electron chi connectivity index (χ1n) is 5.34. The second-order valence-corrected chi connectivity index (χ2v) is 3.94. The lowest BCUT2D eigenvalue weighted by Crippen LogP contribution is -2.28. The lowest BCUT2D eigenvalue weighted by Gasteiger charge is -2.27. The van der Waals surface area contributed by atoms with Gasteiger partial charge < -0.3 is 10.6 Å². The van der Waals surface area contributed by atoms with E-state index in [1.54, 1.807) is 0 Å². The molecule has 0 saturated carbocycles. The van der Waals surface area contributed by atoms with E-state index in [1.807, 2.05) is 13.3 Å². The van der Waals surface area contributed by atoms with Gasteiger partial charge in [0.05, 0.1) is 12.9 Å². The fourth-order valence-electron chi connectivity index (χ4n) is 1.44. The van der Waals surface area contributed by atoms with Gasteiger partial charge in [0, 0.05) is 18.0 Å². The van der Waals surface area contributed by atoms with Crippen molar-refractivity contribution in [3.8, 4) is 0 Å². The summed E-state index contributed by atoms with van der Waals surface area (Å²) in [7, 11) is 0. The molecular formula is C11H20N4. The van der Waals surface area contributed by atoms with Crippen LogP contribution in [0.5, 0.6) is 0 Å². The van der Waals surface area contributed by atoms with E-state index in [1.165, 1.54) is 5.70 Å². The van der Waals surface area contributed by atoms with E-state index in [0.717, 1.165) is 5.71 Å². The van der Waals surface area contributed by atoms with Gasteiger partial charge in [0.1, 0.15) is 6.67 Å². The van der Waals surface area contributed by atoms with Crippen molar-refractivity contribution in [2.45, 2.75) is 20.8 Å². The molecule has 1 aliphatic heterocycles. The van der Waals surface area contributed by atoms with Gasteiger partial charge in [-0.3, -0.25) is 9.98 Å². The van der Waals surface area contributed by atoms with Crippen LogP contribution < -0.4 is 5.73 Å². The fourth-order valence-corrected chi connectivity index (χ4v) is 1.44. The summed E-state index contributed by atoms with van der Waals surface area (Å²) in [6.45, 7) is 8.31. The molecule has 4 nitrogen and oxygen atoms in total. The Kier molecular flexibility index (Phi) is 4.49. The van der Waals surface area contributed by atoms with Gasteiger partial charge in [-0.15, -0.1) is 0 Å². The molecule has 0 aromatic carbocycles. The molecule has 0 fully saturated rings. The molecule has 0 aliphatic carbocycles. The largest absolute Gasteiger partial charge is 0.329 e. The zero-order valence-electron chi connectivity index (χ0n) is 9.77. The first-order valence-corrected chi connectivity index (χ1v) is 5.34. The van der Waals surface area contributed by atoms with E-state index in [4.69, 9.17) is 5.73 Å². The molecule has 4 heteroatoms. The van der Waals surface area contributed by atoms with Crippen molar-refractivity contribution in [2.24, 2.45) is 21.6 Å². The highest BCUT2D eigenvalue weighted by atomic mass is 15.2. The Balaban J connectivity index is 2.70. The number of nitrogens with zero attached hydrogens (tertiary/aromatic N) is 3. The molecule has 0 unspecified atom stereocenters. The molecule has 0 atom stereocenters. The number of aliphatic imine (C=N–C) groups is 2. The van der Waals surface area contributed by atoms with Gasteiger partial charge in [-0.2, -0.15) is 0 Å². The van der Waals surface area contributed by atoms with Gasteiger partial charge in [-0.25, -0.2) is 0 Å². The zero-order chi connectivity index (χ0) is 11.3. The average Bonchev–Trinajstić information content (AvgIpc) is 2.20. The van der Waals surface area contributed by atoms with Crippen LogP contribution in [-0.4, -0.2) is 36.7 Å². The van der Waals surface area contributed by atoms with Crippen molar-refractivity contribution in [3.05, 3.63) is 11.8 Å². The second kappa shape index (κ2) is 5.66. The van der Waals surface area contributed by atoms with Gasteiger partial charge >= 0.3 is 0 Å². The minimum absolute atomic E-state index is 0.486. The molecule has 0 saturated heterocycles. The van der Waals surface area contributed by atoms with E-state index in [-0.39, 0.29) is 0 Å². The standard InChI is InChI=1S/C11H20N4/c1-9(2)11-6-10(3)14-8-15(11)7-13-5-4-12/h6-7,9H,4-5,8,12H2,1-3H3/b13-7-. The van der Waals surface area contributed by atoms with E-state index in [9.17, 15) is 0 Å². The lowest BCUT2D eigenvalue weighted by molar-refractivity contribution is 0.469. The Hall–Kier alpha value is -1.16. The lowest BCUT2D eigenvalue weighted by atomic mass is 10.1. The van der Waals surface area contributed by atoms with Gasteiger partial charge in [0.2, 0.25) is 0 Å². The van der Waals surface area contributed by atoms with Crippen LogP contribution in [0.25, 0.3) is 0 Å². The summed E-state index contributed by atoms with van der Waals surface area (Å²) in [6, 6.07) is 0. The van der Waals surface area contributed by atoms with Crippen molar-refractivity contribution in [3.63, 3.8) is 0 Å². The molecular weight excluding hydrogens is 188 g/mol. The average molecular weight is 208 g/mol. The molecule has 84 valence electrons. The fraction of sp³-hybridized carbons (Fsp3) is 0.636. The first-order chi connectivity index (χ1) is 7.15. The monoisotopic (exact) mass is 208 g/mol. The molecule has 1 heterocycles. The summed E-state index contributed by atoms with van der Waals surface area (Å²) in [5, 5.41) is 0.